The summed E-state index contributed by atoms with van der Waals surface area (Å²) in [6, 6.07) is 4.89. The van der Waals surface area contributed by atoms with Crippen LogP contribution in [0.25, 0.3) is 0 Å². The van der Waals surface area contributed by atoms with Crippen LogP contribution in [0.1, 0.15) is 31.4 Å². The Morgan fingerprint density at radius 3 is 2.67 bits per heavy atom. The molecule has 0 bridgehead atoms. The van der Waals surface area contributed by atoms with Crippen molar-refractivity contribution in [3.05, 3.63) is 47.5 Å². The van der Waals surface area contributed by atoms with E-state index in [2.05, 4.69) is 5.10 Å². The molecule has 0 atom stereocenters. The van der Waals surface area contributed by atoms with Crippen LogP contribution >= 0.6 is 0 Å². The van der Waals surface area contributed by atoms with Gasteiger partial charge < -0.3 is 9.64 Å². The van der Waals surface area contributed by atoms with Crippen LogP contribution in [0.5, 0.6) is 5.75 Å². The summed E-state index contributed by atoms with van der Waals surface area (Å²) in [6.45, 7) is 4.50. The number of aryl methyl sites for hydroxylation is 2. The molecular formula is C18H24FN3O2. The summed E-state index contributed by atoms with van der Waals surface area (Å²) in [6.07, 6.45) is 4.50. The van der Waals surface area contributed by atoms with Gasteiger partial charge in [-0.3, -0.25) is 9.48 Å². The van der Waals surface area contributed by atoms with Crippen LogP contribution in [-0.2, 0) is 24.8 Å². The molecule has 0 unspecified atom stereocenters. The van der Waals surface area contributed by atoms with Gasteiger partial charge in [0.1, 0.15) is 0 Å². The van der Waals surface area contributed by atoms with E-state index in [9.17, 15) is 9.18 Å². The summed E-state index contributed by atoms with van der Waals surface area (Å²) in [4.78, 5) is 14.4. The number of nitrogens with zero attached hydrogens (tertiary/aromatic N) is 3. The first-order chi connectivity index (χ1) is 11.4. The molecule has 0 saturated heterocycles. The third-order valence-corrected chi connectivity index (χ3v) is 3.90. The summed E-state index contributed by atoms with van der Waals surface area (Å²) in [5.41, 5.74) is 1.78. The van der Waals surface area contributed by atoms with Crippen LogP contribution in [-0.4, -0.2) is 33.7 Å². The summed E-state index contributed by atoms with van der Waals surface area (Å²) >= 11 is 0. The highest BCUT2D eigenvalue weighted by Crippen LogP contribution is 2.19. The van der Waals surface area contributed by atoms with Gasteiger partial charge >= 0.3 is 0 Å². The lowest BCUT2D eigenvalue weighted by Crippen LogP contribution is -2.36. The lowest BCUT2D eigenvalue weighted by Gasteiger charge is -2.26. The molecule has 0 spiro atoms. The third kappa shape index (κ3) is 4.57. The van der Waals surface area contributed by atoms with Crippen LogP contribution in [0, 0.1) is 5.82 Å². The molecule has 2 aromatic rings. The van der Waals surface area contributed by atoms with E-state index >= 15 is 0 Å². The van der Waals surface area contributed by atoms with Crippen LogP contribution < -0.4 is 4.74 Å². The van der Waals surface area contributed by atoms with E-state index in [1.54, 1.807) is 23.0 Å². The number of carbonyl (C=O) groups excluding carboxylic acids is 1. The fourth-order valence-electron chi connectivity index (χ4n) is 2.57. The van der Waals surface area contributed by atoms with E-state index < -0.39 is 5.82 Å². The molecule has 0 saturated carbocycles. The molecular weight excluding hydrogens is 309 g/mol. The molecule has 24 heavy (non-hydrogen) atoms. The molecule has 1 aromatic heterocycles. The Morgan fingerprint density at radius 1 is 1.38 bits per heavy atom. The van der Waals surface area contributed by atoms with Gasteiger partial charge in [0.15, 0.2) is 11.6 Å². The Bertz CT molecular complexity index is 697. The van der Waals surface area contributed by atoms with Crippen molar-refractivity contribution >= 4 is 5.91 Å². The first-order valence-electron chi connectivity index (χ1n) is 8.00. The van der Waals surface area contributed by atoms with E-state index in [1.165, 1.54) is 13.2 Å². The quantitative estimate of drug-likeness (QED) is 0.783. The number of aromatic nitrogens is 2. The molecule has 0 radical (unpaired) electrons. The van der Waals surface area contributed by atoms with Crippen LogP contribution in [0.3, 0.4) is 0 Å². The van der Waals surface area contributed by atoms with E-state index in [0.29, 0.717) is 19.4 Å². The highest BCUT2D eigenvalue weighted by atomic mass is 19.1. The van der Waals surface area contributed by atoms with Gasteiger partial charge in [-0.1, -0.05) is 6.07 Å². The average Bonchev–Trinajstić information content (AvgIpc) is 2.95. The Balaban J connectivity index is 1.99. The number of hydrogen-bond donors (Lipinski definition) is 0. The van der Waals surface area contributed by atoms with Gasteiger partial charge in [-0.05, 0) is 38.0 Å². The molecule has 1 amide bonds. The van der Waals surface area contributed by atoms with Crippen molar-refractivity contribution in [2.24, 2.45) is 7.05 Å². The molecule has 130 valence electrons. The molecule has 0 aliphatic heterocycles. The molecule has 6 heteroatoms. The lowest BCUT2D eigenvalue weighted by molar-refractivity contribution is -0.133. The Hall–Kier alpha value is -2.37. The monoisotopic (exact) mass is 333 g/mol. The Kier molecular flexibility index (Phi) is 5.95. The SMILES string of the molecule is COc1ccc(CCC(=O)N(Cc2cnn(C)c2)C(C)C)cc1F. The van der Waals surface area contributed by atoms with Gasteiger partial charge in [-0.25, -0.2) is 4.39 Å². The number of halogens is 1. The number of benzene rings is 1. The number of carbonyl (C=O) groups is 1. The van der Waals surface area contributed by atoms with E-state index in [0.717, 1.165) is 11.1 Å². The maximum Gasteiger partial charge on any atom is 0.223 e. The molecule has 2 rings (SSSR count). The van der Waals surface area contributed by atoms with Crippen molar-refractivity contribution in [1.29, 1.82) is 0 Å². The minimum Gasteiger partial charge on any atom is -0.494 e. The summed E-state index contributed by atoms with van der Waals surface area (Å²) in [7, 11) is 3.28. The number of hydrogen-bond acceptors (Lipinski definition) is 3. The fraction of sp³-hybridized carbons (Fsp3) is 0.444. The number of ether oxygens (including phenoxy) is 1. The summed E-state index contributed by atoms with van der Waals surface area (Å²) in [5.74, 6) is -0.144. The van der Waals surface area contributed by atoms with Crippen molar-refractivity contribution in [2.75, 3.05) is 7.11 Å². The van der Waals surface area contributed by atoms with Gasteiger partial charge in [0.2, 0.25) is 5.91 Å². The Labute approximate surface area is 142 Å². The molecule has 5 nitrogen and oxygen atoms in total. The van der Waals surface area contributed by atoms with Crippen molar-refractivity contribution in [1.82, 2.24) is 14.7 Å². The molecule has 0 aliphatic rings. The molecule has 0 aliphatic carbocycles. The van der Waals surface area contributed by atoms with Gasteiger partial charge in [0.05, 0.1) is 13.3 Å². The maximum atomic E-state index is 13.7. The largest absolute Gasteiger partial charge is 0.494 e. The van der Waals surface area contributed by atoms with E-state index in [-0.39, 0.29) is 17.7 Å². The lowest BCUT2D eigenvalue weighted by atomic mass is 10.1. The van der Waals surface area contributed by atoms with Crippen molar-refractivity contribution in [3.8, 4) is 5.75 Å². The van der Waals surface area contributed by atoms with Gasteiger partial charge in [0, 0.05) is 37.8 Å². The number of methoxy groups -OCH3 is 1. The first kappa shape index (κ1) is 18.0. The van der Waals surface area contributed by atoms with Crippen LogP contribution in [0.15, 0.2) is 30.6 Å². The number of amides is 1. The highest BCUT2D eigenvalue weighted by molar-refractivity contribution is 5.76. The second-order valence-corrected chi connectivity index (χ2v) is 6.11. The predicted octanol–water partition coefficient (Wildman–Crippen LogP) is 2.94. The van der Waals surface area contributed by atoms with E-state index in [1.807, 2.05) is 32.0 Å². The zero-order valence-electron chi connectivity index (χ0n) is 14.6. The second kappa shape index (κ2) is 7.95. The molecule has 1 aromatic carbocycles. The number of rotatable bonds is 7. The maximum absolute atomic E-state index is 13.7. The minimum atomic E-state index is -0.404. The molecule has 1 heterocycles. The first-order valence-corrected chi connectivity index (χ1v) is 8.00. The highest BCUT2D eigenvalue weighted by Gasteiger charge is 2.18. The second-order valence-electron chi connectivity index (χ2n) is 6.11. The third-order valence-electron chi connectivity index (χ3n) is 3.90. The van der Waals surface area contributed by atoms with Crippen molar-refractivity contribution in [3.63, 3.8) is 0 Å². The van der Waals surface area contributed by atoms with Crippen molar-refractivity contribution < 1.29 is 13.9 Å². The topological polar surface area (TPSA) is 47.4 Å². The van der Waals surface area contributed by atoms with Gasteiger partial charge in [-0.2, -0.15) is 5.10 Å². The summed E-state index contributed by atoms with van der Waals surface area (Å²) in [5, 5.41) is 4.13. The van der Waals surface area contributed by atoms with Crippen molar-refractivity contribution in [2.45, 2.75) is 39.3 Å². The predicted molar refractivity (Wildman–Crippen MR) is 90.2 cm³/mol. The van der Waals surface area contributed by atoms with Crippen LogP contribution in [0.4, 0.5) is 4.39 Å². The standard InChI is InChI=1S/C18H24FN3O2/c1-13(2)22(12-15-10-20-21(3)11-15)18(23)8-6-14-5-7-17(24-4)16(19)9-14/h5,7,9-11,13H,6,8,12H2,1-4H3. The Morgan fingerprint density at radius 2 is 2.12 bits per heavy atom. The zero-order chi connectivity index (χ0) is 17.7. The summed E-state index contributed by atoms with van der Waals surface area (Å²) < 4.78 is 20.3. The van der Waals surface area contributed by atoms with Crippen LogP contribution in [0.2, 0.25) is 0 Å². The fourth-order valence-corrected chi connectivity index (χ4v) is 2.57. The average molecular weight is 333 g/mol. The van der Waals surface area contributed by atoms with Gasteiger partial charge in [0.25, 0.3) is 0 Å². The molecule has 0 fully saturated rings. The zero-order valence-corrected chi connectivity index (χ0v) is 14.6. The minimum absolute atomic E-state index is 0.0464. The van der Waals surface area contributed by atoms with Gasteiger partial charge in [-0.15, -0.1) is 0 Å². The smallest absolute Gasteiger partial charge is 0.223 e. The normalized spacial score (nSPS) is 10.9. The van der Waals surface area contributed by atoms with E-state index in [4.69, 9.17) is 4.74 Å². The molecule has 0 N–H and O–H groups in total.